The Labute approximate surface area is 233 Å². The van der Waals surface area contributed by atoms with Gasteiger partial charge in [-0.25, -0.2) is 0 Å². The van der Waals surface area contributed by atoms with Crippen molar-refractivity contribution in [3.05, 3.63) is 60.0 Å². The van der Waals surface area contributed by atoms with Gasteiger partial charge >= 0.3 is 0 Å². The van der Waals surface area contributed by atoms with Crippen molar-refractivity contribution < 1.29 is 19.0 Å². The zero-order chi connectivity index (χ0) is 29.7. The average Bonchev–Trinajstić information content (AvgIpc) is 2.87. The molecule has 0 saturated heterocycles. The molecular formula is C33H53NO4. The fourth-order valence-electron chi connectivity index (χ4n) is 3.29. The molecule has 0 spiro atoms. The summed E-state index contributed by atoms with van der Waals surface area (Å²) in [5, 5.41) is 0.847. The van der Waals surface area contributed by atoms with Crippen molar-refractivity contribution >= 4 is 16.7 Å². The van der Waals surface area contributed by atoms with E-state index in [1.165, 1.54) is 45.1 Å². The number of pyridine rings is 1. The molecule has 5 heteroatoms. The molecule has 0 unspecified atom stereocenters. The van der Waals surface area contributed by atoms with E-state index in [2.05, 4.69) is 32.3 Å². The largest absolute Gasteiger partial charge is 0.493 e. The molecule has 1 heterocycles. The van der Waals surface area contributed by atoms with Crippen LogP contribution in [0.4, 0.5) is 0 Å². The lowest BCUT2D eigenvalue weighted by atomic mass is 10.0. The van der Waals surface area contributed by atoms with Gasteiger partial charge in [0, 0.05) is 17.6 Å². The number of allylic oxidation sites excluding steroid dienone is 4. The zero-order valence-electron chi connectivity index (χ0n) is 26.2. The minimum absolute atomic E-state index is 0.167. The molecule has 0 atom stereocenters. The van der Waals surface area contributed by atoms with Crippen LogP contribution < -0.4 is 14.2 Å². The third-order valence-corrected chi connectivity index (χ3v) is 4.98. The molecule has 0 amide bonds. The van der Waals surface area contributed by atoms with Gasteiger partial charge in [0.05, 0.1) is 19.7 Å². The highest BCUT2D eigenvalue weighted by molar-refractivity contribution is 5.88. The first-order valence-corrected chi connectivity index (χ1v) is 13.7. The van der Waals surface area contributed by atoms with Gasteiger partial charge in [-0.15, -0.1) is 0 Å². The molecule has 0 aliphatic rings. The lowest BCUT2D eigenvalue weighted by Crippen LogP contribution is -1.98. The van der Waals surface area contributed by atoms with Gasteiger partial charge in [0.1, 0.15) is 17.3 Å². The average molecular weight is 528 g/mol. The number of benzene rings is 1. The van der Waals surface area contributed by atoms with Crippen LogP contribution >= 0.6 is 0 Å². The number of ketones is 1. The predicted octanol–water partition coefficient (Wildman–Crippen LogP) is 9.90. The molecule has 1 aromatic heterocycles. The number of aromatic nitrogens is 1. The highest BCUT2D eigenvalue weighted by atomic mass is 16.5. The fourth-order valence-corrected chi connectivity index (χ4v) is 3.29. The number of methoxy groups -OCH3 is 2. The maximum Gasteiger partial charge on any atom is 0.162 e. The van der Waals surface area contributed by atoms with Crippen LogP contribution in [0.3, 0.4) is 0 Å². The van der Waals surface area contributed by atoms with E-state index in [0.29, 0.717) is 23.0 Å². The molecule has 1 aromatic carbocycles. The monoisotopic (exact) mass is 527 g/mol. The smallest absolute Gasteiger partial charge is 0.162 e. The van der Waals surface area contributed by atoms with Crippen LogP contribution in [-0.4, -0.2) is 25.0 Å². The highest BCUT2D eigenvalue weighted by Gasteiger charge is 2.12. The molecule has 5 nitrogen and oxygen atoms in total. The first kappa shape index (κ1) is 37.1. The molecule has 0 aliphatic heterocycles. The fraction of sp³-hybridized carbons (Fsp3) is 0.515. The predicted molar refractivity (Wildman–Crippen MR) is 164 cm³/mol. The first-order chi connectivity index (χ1) is 18.0. The third kappa shape index (κ3) is 15.9. The molecule has 0 saturated carbocycles. The Hall–Kier alpha value is -3.08. The van der Waals surface area contributed by atoms with Crippen molar-refractivity contribution in [1.29, 1.82) is 0 Å². The van der Waals surface area contributed by atoms with Gasteiger partial charge in [0.15, 0.2) is 11.5 Å². The summed E-state index contributed by atoms with van der Waals surface area (Å²) in [4.78, 5) is 13.8. The summed E-state index contributed by atoms with van der Waals surface area (Å²) >= 11 is 0. The minimum atomic E-state index is 0.167. The number of nitrogens with zero attached hydrogens (tertiary/aromatic N) is 1. The lowest BCUT2D eigenvalue weighted by Gasteiger charge is -2.14. The van der Waals surface area contributed by atoms with Crippen molar-refractivity contribution in [3.8, 4) is 17.2 Å². The zero-order valence-corrected chi connectivity index (χ0v) is 26.2. The van der Waals surface area contributed by atoms with E-state index >= 15 is 0 Å². The summed E-state index contributed by atoms with van der Waals surface area (Å²) in [6.45, 7) is 23.9. The Morgan fingerprint density at radius 2 is 1.42 bits per heavy atom. The molecule has 0 fully saturated rings. The molecule has 0 bridgehead atoms. The van der Waals surface area contributed by atoms with Gasteiger partial charge in [0.2, 0.25) is 0 Å². The number of rotatable bonds is 10. The Kier molecular flexibility index (Phi) is 21.4. The Morgan fingerprint density at radius 3 is 1.84 bits per heavy atom. The van der Waals surface area contributed by atoms with E-state index in [4.69, 9.17) is 14.2 Å². The van der Waals surface area contributed by atoms with Crippen LogP contribution in [0.2, 0.25) is 0 Å². The van der Waals surface area contributed by atoms with Gasteiger partial charge in [-0.05, 0) is 64.3 Å². The first-order valence-electron chi connectivity index (χ1n) is 13.7. The Morgan fingerprint density at radius 1 is 0.921 bits per heavy atom. The van der Waals surface area contributed by atoms with E-state index in [9.17, 15) is 4.79 Å². The maximum absolute atomic E-state index is 9.44. The Bertz CT molecular complexity index is 1010. The summed E-state index contributed by atoms with van der Waals surface area (Å²) in [7, 11) is 3.21. The molecule has 0 aliphatic carbocycles. The molecule has 2 rings (SSSR count). The summed E-state index contributed by atoms with van der Waals surface area (Å²) in [6, 6.07) is 5.53. The second-order valence-electron chi connectivity index (χ2n) is 9.28. The number of hydrogen-bond donors (Lipinski definition) is 0. The summed E-state index contributed by atoms with van der Waals surface area (Å²) in [5.74, 6) is 3.80. The number of hydrogen-bond acceptors (Lipinski definition) is 5. The standard InChI is InChI=1S/C20H23NO3.C8H18.C3H6O.C2H6/c1-13(2)7-8-17(14(3)4)24-18-9-10-21-16-12-20(23-6)19(22-5)11-15(16)18;1-4-6-8(3)7-5-2;1-3(2)4;1-2/h7-12H,3H2,1-2,4-6H3;8H,4-7H2,1-3H3;1-2H3;1-2H3/b17-8+;;;. The lowest BCUT2D eigenvalue weighted by molar-refractivity contribution is -0.114. The van der Waals surface area contributed by atoms with Crippen molar-refractivity contribution in [3.63, 3.8) is 0 Å². The van der Waals surface area contributed by atoms with Crippen molar-refractivity contribution in [2.75, 3.05) is 14.2 Å². The van der Waals surface area contributed by atoms with E-state index in [0.717, 1.165) is 22.4 Å². The third-order valence-electron chi connectivity index (χ3n) is 4.98. The van der Waals surface area contributed by atoms with Crippen LogP contribution in [0.5, 0.6) is 17.2 Å². The molecule has 2 aromatic rings. The van der Waals surface area contributed by atoms with Crippen LogP contribution in [0.25, 0.3) is 10.9 Å². The second-order valence-corrected chi connectivity index (χ2v) is 9.28. The van der Waals surface area contributed by atoms with Crippen molar-refractivity contribution in [2.45, 2.75) is 94.9 Å². The SMILES string of the molecule is C=C(C)/C(=C\C=C(C)C)Oc1ccnc2cc(OC)c(OC)cc12.CC.CC(C)=O.CCCC(C)CCC. The van der Waals surface area contributed by atoms with E-state index in [-0.39, 0.29) is 5.78 Å². The minimum Gasteiger partial charge on any atom is -0.493 e. The van der Waals surface area contributed by atoms with Crippen LogP contribution in [0, 0.1) is 5.92 Å². The van der Waals surface area contributed by atoms with Gasteiger partial charge in [0.25, 0.3) is 0 Å². The van der Waals surface area contributed by atoms with Crippen LogP contribution in [-0.2, 0) is 4.79 Å². The van der Waals surface area contributed by atoms with Crippen LogP contribution in [0.15, 0.2) is 60.0 Å². The number of Topliss-reactive ketones (excluding diaryl/α,β-unsaturated/α-hetero) is 1. The summed E-state index contributed by atoms with van der Waals surface area (Å²) < 4.78 is 16.8. The molecule has 214 valence electrons. The second kappa shape index (κ2) is 22.0. The highest BCUT2D eigenvalue weighted by Crippen LogP contribution is 2.36. The van der Waals surface area contributed by atoms with Gasteiger partial charge < -0.3 is 19.0 Å². The van der Waals surface area contributed by atoms with Crippen LogP contribution in [0.1, 0.15) is 94.9 Å². The Balaban J connectivity index is 0. The van der Waals surface area contributed by atoms with E-state index < -0.39 is 0 Å². The number of fused-ring (bicyclic) bond motifs is 1. The van der Waals surface area contributed by atoms with Gasteiger partial charge in [-0.1, -0.05) is 78.5 Å². The van der Waals surface area contributed by atoms with Crippen molar-refractivity contribution in [1.82, 2.24) is 4.98 Å². The quantitative estimate of drug-likeness (QED) is 0.227. The maximum atomic E-state index is 9.44. The molecular weight excluding hydrogens is 474 g/mol. The van der Waals surface area contributed by atoms with E-state index in [1.807, 2.05) is 65.0 Å². The number of carbonyl (C=O) groups excluding carboxylic acids is 1. The summed E-state index contributed by atoms with van der Waals surface area (Å²) in [6.07, 6.45) is 11.1. The number of carbonyl (C=O) groups is 1. The molecule has 0 N–H and O–H groups in total. The normalized spacial score (nSPS) is 10.1. The topological polar surface area (TPSA) is 57.6 Å². The van der Waals surface area contributed by atoms with E-state index in [1.54, 1.807) is 20.4 Å². The summed E-state index contributed by atoms with van der Waals surface area (Å²) in [5.41, 5.74) is 2.80. The molecule has 38 heavy (non-hydrogen) atoms. The van der Waals surface area contributed by atoms with Gasteiger partial charge in [-0.2, -0.15) is 0 Å². The molecule has 0 radical (unpaired) electrons. The number of ether oxygens (including phenoxy) is 3. The van der Waals surface area contributed by atoms with Gasteiger partial charge in [-0.3, -0.25) is 4.98 Å². The van der Waals surface area contributed by atoms with Crippen molar-refractivity contribution in [2.24, 2.45) is 5.92 Å².